The van der Waals surface area contributed by atoms with Crippen LogP contribution in [0.3, 0.4) is 0 Å². The smallest absolute Gasteiger partial charge is 0.250 e. The molecule has 21 heavy (non-hydrogen) atoms. The number of ether oxygens (including phenoxy) is 1. The first-order valence-electron chi connectivity index (χ1n) is 6.87. The summed E-state index contributed by atoms with van der Waals surface area (Å²) < 4.78 is 5.11. The Labute approximate surface area is 131 Å². The summed E-state index contributed by atoms with van der Waals surface area (Å²) in [5.74, 6) is 1.96. The molecular weight excluding hydrogens is 284 g/mol. The minimum Gasteiger partial charge on any atom is -0.497 e. The molecule has 1 rings (SSSR count). The third-order valence-electron chi connectivity index (χ3n) is 3.09. The second-order valence-corrected chi connectivity index (χ2v) is 6.81. The molecule has 0 bridgehead atoms. The lowest BCUT2D eigenvalue weighted by atomic mass is 9.91. The number of nitrogens with zero attached hydrogens (tertiary/aromatic N) is 1. The van der Waals surface area contributed by atoms with Crippen molar-refractivity contribution in [3.05, 3.63) is 29.8 Å². The molecule has 1 N–H and O–H groups in total. The van der Waals surface area contributed by atoms with Crippen LogP contribution in [0.1, 0.15) is 33.3 Å². The molecule has 0 aliphatic heterocycles. The molecule has 0 saturated carbocycles. The highest BCUT2D eigenvalue weighted by Gasteiger charge is 2.14. The third kappa shape index (κ3) is 6.67. The highest BCUT2D eigenvalue weighted by molar-refractivity contribution is 7.99. The number of rotatable bonds is 6. The SMILES string of the molecule is COc1ccc(CSCC(=O)N/N=C(/C)C(C)(C)C)cc1. The largest absolute Gasteiger partial charge is 0.497 e. The van der Waals surface area contributed by atoms with E-state index in [9.17, 15) is 4.79 Å². The second-order valence-electron chi connectivity index (χ2n) is 5.82. The fourth-order valence-corrected chi connectivity index (χ4v) is 2.11. The van der Waals surface area contributed by atoms with E-state index < -0.39 is 0 Å². The van der Waals surface area contributed by atoms with Crippen molar-refractivity contribution in [2.24, 2.45) is 10.5 Å². The number of carbonyl (C=O) groups excluding carboxylic acids is 1. The number of nitrogens with one attached hydrogen (secondary N) is 1. The molecule has 1 aromatic rings. The molecule has 0 saturated heterocycles. The van der Waals surface area contributed by atoms with Crippen molar-refractivity contribution in [2.75, 3.05) is 12.9 Å². The summed E-state index contributed by atoms with van der Waals surface area (Å²) >= 11 is 1.56. The van der Waals surface area contributed by atoms with Crippen LogP contribution in [0.4, 0.5) is 0 Å². The van der Waals surface area contributed by atoms with Gasteiger partial charge in [-0.15, -0.1) is 11.8 Å². The van der Waals surface area contributed by atoms with Crippen LogP contribution in [0.15, 0.2) is 29.4 Å². The van der Waals surface area contributed by atoms with Crippen LogP contribution >= 0.6 is 11.8 Å². The first-order valence-corrected chi connectivity index (χ1v) is 8.02. The van der Waals surface area contributed by atoms with Gasteiger partial charge in [-0.05, 0) is 24.6 Å². The Hall–Kier alpha value is -1.49. The van der Waals surface area contributed by atoms with E-state index >= 15 is 0 Å². The number of hydrazone groups is 1. The average molecular weight is 308 g/mol. The molecule has 1 amide bonds. The van der Waals surface area contributed by atoms with Crippen LogP contribution in [0.25, 0.3) is 0 Å². The Kier molecular flexibility index (Phi) is 6.75. The topological polar surface area (TPSA) is 50.7 Å². The second kappa shape index (κ2) is 8.08. The summed E-state index contributed by atoms with van der Waals surface area (Å²) in [4.78, 5) is 11.7. The van der Waals surface area contributed by atoms with Crippen molar-refractivity contribution < 1.29 is 9.53 Å². The van der Waals surface area contributed by atoms with E-state index in [-0.39, 0.29) is 11.3 Å². The van der Waals surface area contributed by atoms with E-state index in [1.807, 2.05) is 31.2 Å². The van der Waals surface area contributed by atoms with Gasteiger partial charge in [-0.2, -0.15) is 5.10 Å². The van der Waals surface area contributed by atoms with Gasteiger partial charge >= 0.3 is 0 Å². The molecule has 116 valence electrons. The van der Waals surface area contributed by atoms with Crippen LogP contribution in [-0.4, -0.2) is 24.5 Å². The van der Waals surface area contributed by atoms with Gasteiger partial charge in [0.05, 0.1) is 12.9 Å². The summed E-state index contributed by atoms with van der Waals surface area (Å²) in [6.07, 6.45) is 0. The molecule has 5 heteroatoms. The molecule has 0 aliphatic rings. The molecule has 0 radical (unpaired) electrons. The summed E-state index contributed by atoms with van der Waals surface area (Å²) in [7, 11) is 1.65. The average Bonchev–Trinajstić information content (AvgIpc) is 2.44. The Morgan fingerprint density at radius 1 is 1.29 bits per heavy atom. The van der Waals surface area contributed by atoms with Crippen LogP contribution in [-0.2, 0) is 10.5 Å². The Balaban J connectivity index is 2.33. The Morgan fingerprint density at radius 2 is 1.90 bits per heavy atom. The Morgan fingerprint density at radius 3 is 2.43 bits per heavy atom. The minimum absolute atomic E-state index is 0.0243. The molecule has 0 heterocycles. The zero-order chi connectivity index (χ0) is 15.9. The minimum atomic E-state index is -0.0721. The van der Waals surface area contributed by atoms with Crippen molar-refractivity contribution in [3.8, 4) is 5.75 Å². The normalized spacial score (nSPS) is 12.1. The highest BCUT2D eigenvalue weighted by atomic mass is 32.2. The van der Waals surface area contributed by atoms with Crippen molar-refractivity contribution >= 4 is 23.4 Å². The van der Waals surface area contributed by atoms with Gasteiger partial charge in [0.25, 0.3) is 0 Å². The van der Waals surface area contributed by atoms with Crippen LogP contribution in [0, 0.1) is 5.41 Å². The van der Waals surface area contributed by atoms with Gasteiger partial charge in [0.1, 0.15) is 5.75 Å². The molecule has 0 fully saturated rings. The van der Waals surface area contributed by atoms with E-state index in [4.69, 9.17) is 4.74 Å². The number of amides is 1. The zero-order valence-electron chi connectivity index (χ0n) is 13.4. The maximum absolute atomic E-state index is 11.7. The summed E-state index contributed by atoms with van der Waals surface area (Å²) in [6.45, 7) is 8.12. The maximum atomic E-state index is 11.7. The lowest BCUT2D eigenvalue weighted by molar-refractivity contribution is -0.118. The summed E-state index contributed by atoms with van der Waals surface area (Å²) in [5, 5.41) is 4.13. The first-order chi connectivity index (χ1) is 9.82. The zero-order valence-corrected chi connectivity index (χ0v) is 14.2. The summed E-state index contributed by atoms with van der Waals surface area (Å²) in [5.41, 5.74) is 4.66. The molecule has 0 spiro atoms. The van der Waals surface area contributed by atoms with E-state index in [1.165, 1.54) is 5.56 Å². The van der Waals surface area contributed by atoms with Gasteiger partial charge in [-0.3, -0.25) is 4.79 Å². The van der Waals surface area contributed by atoms with E-state index in [1.54, 1.807) is 18.9 Å². The van der Waals surface area contributed by atoms with Crippen LogP contribution < -0.4 is 10.2 Å². The lowest BCUT2D eigenvalue weighted by Crippen LogP contribution is -2.25. The predicted molar refractivity (Wildman–Crippen MR) is 89.9 cm³/mol. The van der Waals surface area contributed by atoms with Gasteiger partial charge in [-0.25, -0.2) is 5.43 Å². The van der Waals surface area contributed by atoms with Crippen molar-refractivity contribution in [1.29, 1.82) is 0 Å². The summed E-state index contributed by atoms with van der Waals surface area (Å²) in [6, 6.07) is 7.86. The van der Waals surface area contributed by atoms with Gasteiger partial charge in [-0.1, -0.05) is 32.9 Å². The highest BCUT2D eigenvalue weighted by Crippen LogP contribution is 2.17. The van der Waals surface area contributed by atoms with E-state index in [2.05, 4.69) is 31.3 Å². The van der Waals surface area contributed by atoms with E-state index in [0.29, 0.717) is 5.75 Å². The quantitative estimate of drug-likeness (QED) is 0.647. The third-order valence-corrected chi connectivity index (χ3v) is 4.10. The first kappa shape index (κ1) is 17.6. The molecular formula is C16H24N2O2S. The molecule has 1 aromatic carbocycles. The van der Waals surface area contributed by atoms with Crippen LogP contribution in [0.2, 0.25) is 0 Å². The number of thioether (sulfide) groups is 1. The number of methoxy groups -OCH3 is 1. The Bertz CT molecular complexity index is 490. The van der Waals surface area contributed by atoms with Crippen LogP contribution in [0.5, 0.6) is 5.75 Å². The van der Waals surface area contributed by atoms with E-state index in [0.717, 1.165) is 17.2 Å². The van der Waals surface area contributed by atoms with Gasteiger partial charge < -0.3 is 4.74 Å². The molecule has 4 nitrogen and oxygen atoms in total. The number of hydrogen-bond acceptors (Lipinski definition) is 4. The van der Waals surface area contributed by atoms with Gasteiger partial charge in [0.2, 0.25) is 5.91 Å². The van der Waals surface area contributed by atoms with Crippen molar-refractivity contribution in [1.82, 2.24) is 5.43 Å². The molecule has 0 aromatic heterocycles. The molecule has 0 unspecified atom stereocenters. The fraction of sp³-hybridized carbons (Fsp3) is 0.500. The number of hydrogen-bond donors (Lipinski definition) is 1. The van der Waals surface area contributed by atoms with Crippen molar-refractivity contribution in [3.63, 3.8) is 0 Å². The number of carbonyl (C=O) groups is 1. The predicted octanol–water partition coefficient (Wildman–Crippen LogP) is 3.47. The molecule has 0 atom stereocenters. The fourth-order valence-electron chi connectivity index (χ4n) is 1.33. The van der Waals surface area contributed by atoms with Gasteiger partial charge in [0, 0.05) is 16.9 Å². The maximum Gasteiger partial charge on any atom is 0.250 e. The standard InChI is InChI=1S/C16H24N2O2S/c1-12(16(2,3)4)17-18-15(19)11-21-10-13-6-8-14(20-5)9-7-13/h6-9H,10-11H2,1-5H3,(H,18,19)/b17-12-. The number of benzene rings is 1. The van der Waals surface area contributed by atoms with Crippen molar-refractivity contribution in [2.45, 2.75) is 33.4 Å². The lowest BCUT2D eigenvalue weighted by Gasteiger charge is -2.17. The van der Waals surface area contributed by atoms with Gasteiger partial charge in [0.15, 0.2) is 0 Å². The monoisotopic (exact) mass is 308 g/mol. The molecule has 0 aliphatic carbocycles.